The number of aromatic nitrogens is 2. The molecular formula is C14H16ClN3O2. The highest BCUT2D eigenvalue weighted by Gasteiger charge is 2.13. The van der Waals surface area contributed by atoms with Crippen molar-refractivity contribution in [2.75, 3.05) is 13.7 Å². The molecule has 0 aliphatic heterocycles. The van der Waals surface area contributed by atoms with Crippen LogP contribution >= 0.6 is 11.6 Å². The molecule has 106 valence electrons. The predicted molar refractivity (Wildman–Crippen MR) is 77.8 cm³/mol. The first kappa shape index (κ1) is 14.6. The lowest BCUT2D eigenvalue weighted by atomic mass is 10.1. The number of carbonyl (C=O) groups is 1. The molecule has 20 heavy (non-hydrogen) atoms. The van der Waals surface area contributed by atoms with Crippen LogP contribution in [0.3, 0.4) is 0 Å². The lowest BCUT2D eigenvalue weighted by Crippen LogP contribution is -2.35. The van der Waals surface area contributed by atoms with E-state index in [2.05, 4.69) is 15.5 Å². The summed E-state index contributed by atoms with van der Waals surface area (Å²) < 4.78 is 4.97. The molecule has 5 nitrogen and oxygen atoms in total. The third-order valence-corrected chi connectivity index (χ3v) is 2.97. The summed E-state index contributed by atoms with van der Waals surface area (Å²) in [6, 6.07) is 8.94. The Morgan fingerprint density at radius 1 is 1.50 bits per heavy atom. The minimum Gasteiger partial charge on any atom is -0.383 e. The number of rotatable bonds is 5. The average molecular weight is 294 g/mol. The van der Waals surface area contributed by atoms with E-state index in [1.807, 2.05) is 19.1 Å². The van der Waals surface area contributed by atoms with Crippen molar-refractivity contribution in [1.29, 1.82) is 0 Å². The van der Waals surface area contributed by atoms with Crippen molar-refractivity contribution >= 4 is 17.5 Å². The lowest BCUT2D eigenvalue weighted by Gasteiger charge is -2.11. The van der Waals surface area contributed by atoms with Gasteiger partial charge in [-0.1, -0.05) is 23.7 Å². The summed E-state index contributed by atoms with van der Waals surface area (Å²) in [6.07, 6.45) is 0. The van der Waals surface area contributed by atoms with Crippen LogP contribution in [0.1, 0.15) is 17.4 Å². The number of hydrogen-bond acceptors (Lipinski definition) is 3. The van der Waals surface area contributed by atoms with Crippen LogP contribution in [0.4, 0.5) is 0 Å². The summed E-state index contributed by atoms with van der Waals surface area (Å²) in [5, 5.41) is 10.3. The van der Waals surface area contributed by atoms with Crippen LogP contribution < -0.4 is 5.32 Å². The van der Waals surface area contributed by atoms with Gasteiger partial charge in [0, 0.05) is 23.7 Å². The Morgan fingerprint density at radius 2 is 2.30 bits per heavy atom. The van der Waals surface area contributed by atoms with Crippen molar-refractivity contribution in [2.45, 2.75) is 13.0 Å². The van der Waals surface area contributed by atoms with Crippen molar-refractivity contribution < 1.29 is 9.53 Å². The van der Waals surface area contributed by atoms with E-state index < -0.39 is 0 Å². The number of amides is 1. The minimum atomic E-state index is -0.213. The number of nitrogens with zero attached hydrogens (tertiary/aromatic N) is 1. The standard InChI is InChI=1S/C14H16ClN3O2/c1-9(8-20-2)16-14(19)13-7-12(17-18-13)10-4-3-5-11(15)6-10/h3-7,9H,8H2,1-2H3,(H,16,19)(H,17,18). The fourth-order valence-electron chi connectivity index (χ4n) is 1.83. The number of aromatic amines is 1. The van der Waals surface area contributed by atoms with Gasteiger partial charge in [-0.05, 0) is 25.1 Å². The van der Waals surface area contributed by atoms with Crippen molar-refractivity contribution in [3.05, 3.63) is 41.0 Å². The Bertz CT molecular complexity index is 598. The smallest absolute Gasteiger partial charge is 0.269 e. The molecule has 1 aromatic heterocycles. The zero-order chi connectivity index (χ0) is 14.5. The largest absolute Gasteiger partial charge is 0.383 e. The van der Waals surface area contributed by atoms with Gasteiger partial charge in [0.1, 0.15) is 5.69 Å². The van der Waals surface area contributed by atoms with E-state index in [1.165, 1.54) is 0 Å². The van der Waals surface area contributed by atoms with E-state index >= 15 is 0 Å². The molecule has 1 unspecified atom stereocenters. The zero-order valence-corrected chi connectivity index (χ0v) is 12.1. The Labute approximate surface area is 122 Å². The molecule has 6 heteroatoms. The Kier molecular flexibility index (Phi) is 4.76. The maximum Gasteiger partial charge on any atom is 0.269 e. The molecule has 0 aliphatic carbocycles. The summed E-state index contributed by atoms with van der Waals surface area (Å²) in [5.74, 6) is -0.213. The first-order chi connectivity index (χ1) is 9.60. The molecule has 0 bridgehead atoms. The molecule has 2 N–H and O–H groups in total. The fourth-order valence-corrected chi connectivity index (χ4v) is 2.02. The van der Waals surface area contributed by atoms with Gasteiger partial charge in [-0.25, -0.2) is 0 Å². The zero-order valence-electron chi connectivity index (χ0n) is 11.3. The maximum atomic E-state index is 12.0. The SMILES string of the molecule is COCC(C)NC(=O)c1cc(-c2cccc(Cl)c2)n[nH]1. The van der Waals surface area contributed by atoms with Gasteiger partial charge in [-0.3, -0.25) is 9.89 Å². The van der Waals surface area contributed by atoms with Gasteiger partial charge in [-0.15, -0.1) is 0 Å². The highest BCUT2D eigenvalue weighted by molar-refractivity contribution is 6.30. The molecule has 2 rings (SSSR count). The first-order valence-corrected chi connectivity index (χ1v) is 6.59. The Hall–Kier alpha value is -1.85. The van der Waals surface area contributed by atoms with Gasteiger partial charge in [0.2, 0.25) is 0 Å². The fraction of sp³-hybridized carbons (Fsp3) is 0.286. The van der Waals surface area contributed by atoms with E-state index in [-0.39, 0.29) is 11.9 Å². The van der Waals surface area contributed by atoms with E-state index in [4.69, 9.17) is 16.3 Å². The highest BCUT2D eigenvalue weighted by atomic mass is 35.5. The number of hydrogen-bond donors (Lipinski definition) is 2. The predicted octanol–water partition coefficient (Wildman–Crippen LogP) is 2.49. The van der Waals surface area contributed by atoms with Crippen LogP contribution in [0.15, 0.2) is 30.3 Å². The van der Waals surface area contributed by atoms with Crippen LogP contribution in [-0.2, 0) is 4.74 Å². The van der Waals surface area contributed by atoms with Crippen molar-refractivity contribution in [2.24, 2.45) is 0 Å². The number of methoxy groups -OCH3 is 1. The lowest BCUT2D eigenvalue weighted by molar-refractivity contribution is 0.0900. The molecule has 1 heterocycles. The Morgan fingerprint density at radius 3 is 3.00 bits per heavy atom. The molecule has 0 radical (unpaired) electrons. The molecule has 0 spiro atoms. The summed E-state index contributed by atoms with van der Waals surface area (Å²) >= 11 is 5.94. The number of ether oxygens (including phenoxy) is 1. The van der Waals surface area contributed by atoms with Gasteiger partial charge in [0.15, 0.2) is 0 Å². The van der Waals surface area contributed by atoms with Gasteiger partial charge >= 0.3 is 0 Å². The molecule has 0 saturated heterocycles. The molecule has 0 fully saturated rings. The van der Waals surface area contributed by atoms with Gasteiger partial charge in [-0.2, -0.15) is 5.10 Å². The Balaban J connectivity index is 2.11. The summed E-state index contributed by atoms with van der Waals surface area (Å²) in [4.78, 5) is 12.0. The molecule has 0 saturated carbocycles. The van der Waals surface area contributed by atoms with Gasteiger partial charge in [0.05, 0.1) is 12.3 Å². The molecule has 1 aromatic carbocycles. The first-order valence-electron chi connectivity index (χ1n) is 6.21. The third-order valence-electron chi connectivity index (χ3n) is 2.74. The second-order valence-electron chi connectivity index (χ2n) is 4.51. The van der Waals surface area contributed by atoms with Crippen LogP contribution in [0.2, 0.25) is 5.02 Å². The summed E-state index contributed by atoms with van der Waals surface area (Å²) in [5.41, 5.74) is 1.94. The number of H-pyrrole nitrogens is 1. The molecule has 1 atom stereocenters. The van der Waals surface area contributed by atoms with Crippen LogP contribution in [0.25, 0.3) is 11.3 Å². The molecular weight excluding hydrogens is 278 g/mol. The quantitative estimate of drug-likeness (QED) is 0.890. The topological polar surface area (TPSA) is 67.0 Å². The van der Waals surface area contributed by atoms with Crippen LogP contribution in [-0.4, -0.2) is 35.9 Å². The second kappa shape index (κ2) is 6.54. The van der Waals surface area contributed by atoms with Gasteiger partial charge in [0.25, 0.3) is 5.91 Å². The molecule has 1 amide bonds. The van der Waals surface area contributed by atoms with E-state index in [1.54, 1.807) is 25.3 Å². The monoisotopic (exact) mass is 293 g/mol. The van der Waals surface area contributed by atoms with Crippen LogP contribution in [0, 0.1) is 0 Å². The molecule has 0 aliphatic rings. The number of benzene rings is 1. The second-order valence-corrected chi connectivity index (χ2v) is 4.94. The number of nitrogens with one attached hydrogen (secondary N) is 2. The van der Waals surface area contributed by atoms with Crippen molar-refractivity contribution in [3.8, 4) is 11.3 Å². The van der Waals surface area contributed by atoms with Crippen LogP contribution in [0.5, 0.6) is 0 Å². The molecule has 2 aromatic rings. The highest BCUT2D eigenvalue weighted by Crippen LogP contribution is 2.21. The minimum absolute atomic E-state index is 0.0644. The van der Waals surface area contributed by atoms with Crippen molar-refractivity contribution in [3.63, 3.8) is 0 Å². The van der Waals surface area contributed by atoms with E-state index in [0.717, 1.165) is 5.56 Å². The maximum absolute atomic E-state index is 12.0. The van der Waals surface area contributed by atoms with Gasteiger partial charge < -0.3 is 10.1 Å². The normalized spacial score (nSPS) is 12.2. The number of carbonyl (C=O) groups excluding carboxylic acids is 1. The van der Waals surface area contributed by atoms with Crippen molar-refractivity contribution in [1.82, 2.24) is 15.5 Å². The third kappa shape index (κ3) is 3.59. The van der Waals surface area contributed by atoms with E-state index in [9.17, 15) is 4.79 Å². The van der Waals surface area contributed by atoms with E-state index in [0.29, 0.717) is 23.0 Å². The average Bonchev–Trinajstić information content (AvgIpc) is 2.88. The summed E-state index contributed by atoms with van der Waals surface area (Å²) in [6.45, 7) is 2.33. The summed E-state index contributed by atoms with van der Waals surface area (Å²) in [7, 11) is 1.59. The number of halogens is 1.